The Labute approximate surface area is 162 Å². The second-order valence-electron chi connectivity index (χ2n) is 6.48. The number of hydrogen-bond donors (Lipinski definition) is 1. The van der Waals surface area contributed by atoms with Gasteiger partial charge in [-0.2, -0.15) is 13.2 Å². The SMILES string of the molecule is CS(=O)(=O)N(CC(=O)NCCCN1CCOCC1)c1cccc(C(F)(F)F)c1. The number of ether oxygens (including phenoxy) is 1. The molecule has 0 unspecified atom stereocenters. The van der Waals surface area contributed by atoms with Crippen LogP contribution in [0.5, 0.6) is 0 Å². The van der Waals surface area contributed by atoms with Crippen LogP contribution in [0.15, 0.2) is 24.3 Å². The highest BCUT2D eigenvalue weighted by Crippen LogP contribution is 2.32. The van der Waals surface area contributed by atoms with Crippen molar-refractivity contribution >= 4 is 21.6 Å². The normalized spacial score (nSPS) is 16.0. The van der Waals surface area contributed by atoms with Crippen LogP contribution in [0.3, 0.4) is 0 Å². The third-order valence-electron chi connectivity index (χ3n) is 4.23. The van der Waals surface area contributed by atoms with Crippen molar-refractivity contribution in [1.29, 1.82) is 0 Å². The molecule has 1 N–H and O–H groups in total. The van der Waals surface area contributed by atoms with Gasteiger partial charge in [-0.1, -0.05) is 6.07 Å². The minimum absolute atomic E-state index is 0.208. The van der Waals surface area contributed by atoms with Crippen molar-refractivity contribution in [3.05, 3.63) is 29.8 Å². The summed E-state index contributed by atoms with van der Waals surface area (Å²) in [5, 5.41) is 2.61. The van der Waals surface area contributed by atoms with Gasteiger partial charge in [-0.25, -0.2) is 8.42 Å². The van der Waals surface area contributed by atoms with E-state index in [1.54, 1.807) is 0 Å². The number of hydrogen-bond acceptors (Lipinski definition) is 5. The van der Waals surface area contributed by atoms with Crippen molar-refractivity contribution in [3.63, 3.8) is 0 Å². The van der Waals surface area contributed by atoms with Gasteiger partial charge in [0.1, 0.15) is 6.54 Å². The Morgan fingerprint density at radius 1 is 1.29 bits per heavy atom. The zero-order chi connectivity index (χ0) is 20.8. The van der Waals surface area contributed by atoms with Crippen LogP contribution in [0.2, 0.25) is 0 Å². The molecule has 1 saturated heterocycles. The van der Waals surface area contributed by atoms with Gasteiger partial charge in [-0.3, -0.25) is 14.0 Å². The van der Waals surface area contributed by atoms with E-state index in [4.69, 9.17) is 4.74 Å². The number of amides is 1. The summed E-state index contributed by atoms with van der Waals surface area (Å²) in [5.41, 5.74) is -1.19. The molecule has 1 fully saturated rings. The van der Waals surface area contributed by atoms with Crippen molar-refractivity contribution in [2.45, 2.75) is 12.6 Å². The molecule has 1 aliphatic rings. The Morgan fingerprint density at radius 3 is 2.57 bits per heavy atom. The maximum Gasteiger partial charge on any atom is 0.416 e. The molecule has 0 saturated carbocycles. The first kappa shape index (κ1) is 22.4. The van der Waals surface area contributed by atoms with E-state index in [1.807, 2.05) is 0 Å². The molecule has 0 atom stereocenters. The lowest BCUT2D eigenvalue weighted by molar-refractivity contribution is -0.137. The average Bonchev–Trinajstić information content (AvgIpc) is 2.62. The van der Waals surface area contributed by atoms with Crippen LogP contribution >= 0.6 is 0 Å². The maximum absolute atomic E-state index is 12.9. The lowest BCUT2D eigenvalue weighted by Crippen LogP contribution is -2.42. The zero-order valence-electron chi connectivity index (χ0n) is 15.5. The summed E-state index contributed by atoms with van der Waals surface area (Å²) >= 11 is 0. The Bertz CT molecular complexity index is 765. The lowest BCUT2D eigenvalue weighted by atomic mass is 10.2. The maximum atomic E-state index is 12.9. The summed E-state index contributed by atoms with van der Waals surface area (Å²) < 4.78 is 68.6. The molecular formula is C17H24F3N3O4S. The van der Waals surface area contributed by atoms with Crippen LogP contribution in [0.1, 0.15) is 12.0 Å². The standard InChI is InChI=1S/C17H24F3N3O4S/c1-28(25,26)23(15-5-2-4-14(12-15)17(18,19)20)13-16(24)21-6-3-7-22-8-10-27-11-9-22/h2,4-5,12H,3,6-11,13H2,1H3,(H,21,24). The summed E-state index contributed by atoms with van der Waals surface area (Å²) in [7, 11) is -3.94. The summed E-state index contributed by atoms with van der Waals surface area (Å²) in [6.45, 7) is 3.52. The average molecular weight is 423 g/mol. The van der Waals surface area contributed by atoms with Gasteiger partial charge in [-0.05, 0) is 31.2 Å². The molecule has 1 aromatic rings. The largest absolute Gasteiger partial charge is 0.416 e. The summed E-state index contributed by atoms with van der Waals surface area (Å²) in [6, 6.07) is 3.89. The monoisotopic (exact) mass is 423 g/mol. The van der Waals surface area contributed by atoms with Gasteiger partial charge in [0.2, 0.25) is 15.9 Å². The highest BCUT2D eigenvalue weighted by molar-refractivity contribution is 7.92. The first-order valence-electron chi connectivity index (χ1n) is 8.79. The number of benzene rings is 1. The van der Waals surface area contributed by atoms with Crippen LogP contribution in [-0.4, -0.2) is 71.4 Å². The zero-order valence-corrected chi connectivity index (χ0v) is 16.4. The molecule has 7 nitrogen and oxygen atoms in total. The molecule has 1 aliphatic heterocycles. The molecule has 0 aromatic heterocycles. The van der Waals surface area contributed by atoms with E-state index < -0.39 is 34.2 Å². The molecule has 1 heterocycles. The number of anilines is 1. The summed E-state index contributed by atoms with van der Waals surface area (Å²) in [6.07, 6.45) is -3.09. The van der Waals surface area contributed by atoms with E-state index in [2.05, 4.69) is 10.2 Å². The van der Waals surface area contributed by atoms with Crippen molar-refractivity contribution in [1.82, 2.24) is 10.2 Å². The fourth-order valence-corrected chi connectivity index (χ4v) is 3.63. The van der Waals surface area contributed by atoms with Gasteiger partial charge in [0.25, 0.3) is 0 Å². The number of rotatable bonds is 8. The molecule has 0 spiro atoms. The number of nitrogens with zero attached hydrogens (tertiary/aromatic N) is 2. The minimum Gasteiger partial charge on any atom is -0.379 e. The molecular weight excluding hydrogens is 399 g/mol. The lowest BCUT2D eigenvalue weighted by Gasteiger charge is -2.26. The molecule has 158 valence electrons. The third kappa shape index (κ3) is 6.95. The fourth-order valence-electron chi connectivity index (χ4n) is 2.78. The second-order valence-corrected chi connectivity index (χ2v) is 8.38. The molecule has 0 bridgehead atoms. The van der Waals surface area contributed by atoms with Gasteiger partial charge in [0, 0.05) is 19.6 Å². The molecule has 1 aromatic carbocycles. The number of morpholine rings is 1. The Kier molecular flexibility index (Phi) is 7.67. The van der Waals surface area contributed by atoms with Crippen molar-refractivity contribution in [2.75, 3.05) is 56.5 Å². The number of carbonyl (C=O) groups excluding carboxylic acids is 1. The second kappa shape index (κ2) is 9.57. The van der Waals surface area contributed by atoms with Crippen LogP contribution in [0.25, 0.3) is 0 Å². The minimum atomic E-state index is -4.61. The van der Waals surface area contributed by atoms with E-state index in [-0.39, 0.29) is 5.69 Å². The van der Waals surface area contributed by atoms with E-state index in [1.165, 1.54) is 6.07 Å². The first-order valence-corrected chi connectivity index (χ1v) is 10.6. The Balaban J connectivity index is 1.94. The van der Waals surface area contributed by atoms with Gasteiger partial charge in [0.15, 0.2) is 0 Å². The number of alkyl halides is 3. The van der Waals surface area contributed by atoms with E-state index in [9.17, 15) is 26.4 Å². The van der Waals surface area contributed by atoms with Crippen LogP contribution in [0.4, 0.5) is 18.9 Å². The highest BCUT2D eigenvalue weighted by Gasteiger charge is 2.32. The van der Waals surface area contributed by atoms with Gasteiger partial charge >= 0.3 is 6.18 Å². The van der Waals surface area contributed by atoms with Crippen LogP contribution in [-0.2, 0) is 25.7 Å². The van der Waals surface area contributed by atoms with Gasteiger partial charge in [0.05, 0.1) is 30.7 Å². The van der Waals surface area contributed by atoms with Crippen molar-refractivity contribution in [2.24, 2.45) is 0 Å². The van der Waals surface area contributed by atoms with Gasteiger partial charge < -0.3 is 10.1 Å². The summed E-state index contributed by atoms with van der Waals surface area (Å²) in [4.78, 5) is 14.3. The van der Waals surface area contributed by atoms with Crippen LogP contribution in [0, 0.1) is 0 Å². The number of carbonyl (C=O) groups is 1. The third-order valence-corrected chi connectivity index (χ3v) is 5.37. The summed E-state index contributed by atoms with van der Waals surface area (Å²) in [5.74, 6) is -0.579. The molecule has 0 aliphatic carbocycles. The van der Waals surface area contributed by atoms with Gasteiger partial charge in [-0.15, -0.1) is 0 Å². The topological polar surface area (TPSA) is 79.0 Å². The van der Waals surface area contributed by atoms with E-state index in [0.717, 1.165) is 38.0 Å². The van der Waals surface area contributed by atoms with E-state index in [0.29, 0.717) is 36.6 Å². The number of sulfonamides is 1. The smallest absolute Gasteiger partial charge is 0.379 e. The quantitative estimate of drug-likeness (QED) is 0.638. The fraction of sp³-hybridized carbons (Fsp3) is 0.588. The molecule has 2 rings (SSSR count). The molecule has 28 heavy (non-hydrogen) atoms. The molecule has 11 heteroatoms. The van der Waals surface area contributed by atoms with Crippen LogP contribution < -0.4 is 9.62 Å². The van der Waals surface area contributed by atoms with Crippen molar-refractivity contribution in [3.8, 4) is 0 Å². The predicted octanol–water partition coefficient (Wildman–Crippen LogP) is 1.31. The first-order chi connectivity index (χ1) is 13.1. The highest BCUT2D eigenvalue weighted by atomic mass is 32.2. The Hall–Kier alpha value is -1.85. The van der Waals surface area contributed by atoms with E-state index >= 15 is 0 Å². The van der Waals surface area contributed by atoms with Crippen molar-refractivity contribution < 1.29 is 31.1 Å². The molecule has 0 radical (unpaired) electrons. The number of nitrogens with one attached hydrogen (secondary N) is 1. The number of halogens is 3. The predicted molar refractivity (Wildman–Crippen MR) is 98.5 cm³/mol. The molecule has 1 amide bonds. The Morgan fingerprint density at radius 2 is 1.96 bits per heavy atom.